The number of nitrogens with one attached hydrogen (secondary N) is 1. The lowest BCUT2D eigenvalue weighted by Gasteiger charge is -2.13. The van der Waals surface area contributed by atoms with Crippen molar-refractivity contribution in [2.45, 2.75) is 11.8 Å². The molecule has 1 heterocycles. The third-order valence-corrected chi connectivity index (χ3v) is 4.84. The number of aromatic nitrogens is 1. The van der Waals surface area contributed by atoms with Crippen LogP contribution in [0.15, 0.2) is 27.9 Å². The number of rotatable bonds is 2. The van der Waals surface area contributed by atoms with Crippen LogP contribution in [0.1, 0.15) is 6.92 Å². The summed E-state index contributed by atoms with van der Waals surface area (Å²) in [4.78, 5) is 14.9. The molecule has 1 aromatic heterocycles. The summed E-state index contributed by atoms with van der Waals surface area (Å²) in [6.07, 6.45) is 1.91. The molecule has 0 aliphatic rings. The third kappa shape index (κ3) is 2.15. The molecule has 1 unspecified atom stereocenters. The maximum absolute atomic E-state index is 12.2. The minimum Gasteiger partial charge on any atom is -0.868 e. The Balaban J connectivity index is 2.82. The Morgan fingerprint density at radius 1 is 1.47 bits per heavy atom. The first-order valence-corrected chi connectivity index (χ1v) is 7.37. The Morgan fingerprint density at radius 2 is 2.18 bits per heavy atom. The SMILES string of the molecule is CC[S+](C)c1c([O-])c2cc(Cl)ccc2[nH]c1=O. The van der Waals surface area contributed by atoms with Crippen molar-refractivity contribution in [2.75, 3.05) is 12.0 Å². The molecule has 0 saturated carbocycles. The zero-order valence-corrected chi connectivity index (χ0v) is 11.1. The van der Waals surface area contributed by atoms with Crippen molar-refractivity contribution >= 4 is 33.4 Å². The van der Waals surface area contributed by atoms with E-state index in [9.17, 15) is 9.90 Å². The van der Waals surface area contributed by atoms with Gasteiger partial charge in [-0.1, -0.05) is 11.6 Å². The Morgan fingerprint density at radius 3 is 2.82 bits per heavy atom. The van der Waals surface area contributed by atoms with E-state index >= 15 is 0 Å². The maximum Gasteiger partial charge on any atom is 0.303 e. The molecular formula is C12H12ClNO2S. The van der Waals surface area contributed by atoms with E-state index in [1.54, 1.807) is 18.2 Å². The quantitative estimate of drug-likeness (QED) is 0.847. The Labute approximate surface area is 107 Å². The van der Waals surface area contributed by atoms with Crippen LogP contribution >= 0.6 is 11.6 Å². The van der Waals surface area contributed by atoms with E-state index in [1.165, 1.54) is 0 Å². The molecule has 0 aliphatic carbocycles. The lowest BCUT2D eigenvalue weighted by Crippen LogP contribution is -2.21. The largest absolute Gasteiger partial charge is 0.868 e. The monoisotopic (exact) mass is 269 g/mol. The van der Waals surface area contributed by atoms with E-state index in [1.807, 2.05) is 13.2 Å². The van der Waals surface area contributed by atoms with Gasteiger partial charge in [0.2, 0.25) is 4.90 Å². The summed E-state index contributed by atoms with van der Waals surface area (Å²) in [5.41, 5.74) is 0.263. The molecule has 90 valence electrons. The minimum atomic E-state index is -0.325. The van der Waals surface area contributed by atoms with E-state index < -0.39 is 0 Å². The molecule has 1 N–H and O–H groups in total. The van der Waals surface area contributed by atoms with E-state index in [2.05, 4.69) is 4.98 Å². The van der Waals surface area contributed by atoms with Gasteiger partial charge in [-0.15, -0.1) is 0 Å². The van der Waals surface area contributed by atoms with Crippen molar-refractivity contribution in [3.05, 3.63) is 33.6 Å². The molecular weight excluding hydrogens is 258 g/mol. The molecule has 0 bridgehead atoms. The van der Waals surface area contributed by atoms with E-state index in [-0.39, 0.29) is 22.2 Å². The summed E-state index contributed by atoms with van der Waals surface area (Å²) >= 11 is 5.87. The van der Waals surface area contributed by atoms with Crippen LogP contribution < -0.4 is 10.7 Å². The summed E-state index contributed by atoms with van der Waals surface area (Å²) in [6, 6.07) is 4.92. The van der Waals surface area contributed by atoms with Crippen molar-refractivity contribution in [2.24, 2.45) is 0 Å². The molecule has 2 aromatic rings. The van der Waals surface area contributed by atoms with Gasteiger partial charge in [-0.3, -0.25) is 4.79 Å². The highest BCUT2D eigenvalue weighted by molar-refractivity contribution is 7.96. The molecule has 1 aromatic carbocycles. The fourth-order valence-corrected chi connectivity index (χ4v) is 2.93. The predicted molar refractivity (Wildman–Crippen MR) is 71.1 cm³/mol. The van der Waals surface area contributed by atoms with E-state index in [0.717, 1.165) is 5.75 Å². The molecule has 3 nitrogen and oxygen atoms in total. The van der Waals surface area contributed by atoms with Gasteiger partial charge in [0.15, 0.2) is 0 Å². The fourth-order valence-electron chi connectivity index (χ4n) is 1.68. The molecule has 0 saturated heterocycles. The molecule has 5 heteroatoms. The second-order valence-electron chi connectivity index (χ2n) is 3.73. The molecule has 0 fully saturated rings. The van der Waals surface area contributed by atoms with Gasteiger partial charge in [0.05, 0.1) is 0 Å². The minimum absolute atomic E-state index is 0.195. The summed E-state index contributed by atoms with van der Waals surface area (Å²) in [5.74, 6) is 0.587. The number of H-pyrrole nitrogens is 1. The summed E-state index contributed by atoms with van der Waals surface area (Å²) in [6.45, 7) is 1.96. The normalized spacial score (nSPS) is 12.9. The third-order valence-electron chi connectivity index (χ3n) is 2.67. The van der Waals surface area contributed by atoms with Gasteiger partial charge < -0.3 is 10.1 Å². The zero-order valence-electron chi connectivity index (χ0n) is 9.54. The Hall–Kier alpha value is -1.13. The van der Waals surface area contributed by atoms with E-state index in [4.69, 9.17) is 11.6 Å². The zero-order chi connectivity index (χ0) is 12.6. The maximum atomic E-state index is 12.2. The number of pyridine rings is 1. The second-order valence-corrected chi connectivity index (χ2v) is 6.42. The van der Waals surface area contributed by atoms with Crippen molar-refractivity contribution in [1.29, 1.82) is 0 Å². The standard InChI is InChI=1S/C12H12ClNO2S/c1-3-17(2)11-10(15)8-6-7(13)4-5-9(8)14-12(11)16/h4-6H,3H2,1-2H3,(H-,14,15,16). The number of fused-ring (bicyclic) bond motifs is 1. The first kappa shape index (κ1) is 12.3. The van der Waals surface area contributed by atoms with Crippen LogP contribution in [0, 0.1) is 0 Å². The van der Waals surface area contributed by atoms with Crippen molar-refractivity contribution in [3.63, 3.8) is 0 Å². The first-order chi connectivity index (χ1) is 8.04. The predicted octanol–water partition coefficient (Wildman–Crippen LogP) is 1.88. The van der Waals surface area contributed by atoms with Crippen LogP contribution in [0.3, 0.4) is 0 Å². The van der Waals surface area contributed by atoms with Crippen molar-refractivity contribution < 1.29 is 5.11 Å². The molecule has 2 rings (SSSR count). The Bertz CT molecular complexity index is 624. The first-order valence-electron chi connectivity index (χ1n) is 5.19. The smallest absolute Gasteiger partial charge is 0.303 e. The van der Waals surface area contributed by atoms with Crippen molar-refractivity contribution in [3.8, 4) is 5.75 Å². The van der Waals surface area contributed by atoms with Gasteiger partial charge in [0.1, 0.15) is 12.0 Å². The van der Waals surface area contributed by atoms with Gasteiger partial charge in [-0.2, -0.15) is 0 Å². The lowest BCUT2D eigenvalue weighted by molar-refractivity contribution is -0.270. The van der Waals surface area contributed by atoms with Crippen LogP contribution in [0.5, 0.6) is 5.75 Å². The average molecular weight is 270 g/mol. The highest BCUT2D eigenvalue weighted by Crippen LogP contribution is 2.28. The highest BCUT2D eigenvalue weighted by Gasteiger charge is 2.20. The number of benzene rings is 1. The summed E-state index contributed by atoms with van der Waals surface area (Å²) < 4.78 is 0. The van der Waals surface area contributed by atoms with Crippen LogP contribution in [0.2, 0.25) is 5.02 Å². The average Bonchev–Trinajstić information content (AvgIpc) is 2.30. The molecule has 1 atom stereocenters. The molecule has 17 heavy (non-hydrogen) atoms. The lowest BCUT2D eigenvalue weighted by atomic mass is 10.2. The molecule has 0 aliphatic heterocycles. The Kier molecular flexibility index (Phi) is 3.35. The van der Waals surface area contributed by atoms with Crippen LogP contribution in [0.25, 0.3) is 10.9 Å². The topological polar surface area (TPSA) is 55.9 Å². The number of aromatic amines is 1. The van der Waals surface area contributed by atoms with Crippen LogP contribution in [0.4, 0.5) is 0 Å². The molecule has 0 spiro atoms. The van der Waals surface area contributed by atoms with E-state index in [0.29, 0.717) is 20.8 Å². The fraction of sp³-hybridized carbons (Fsp3) is 0.250. The number of hydrogen-bond donors (Lipinski definition) is 1. The second kappa shape index (κ2) is 4.63. The van der Waals surface area contributed by atoms with Crippen LogP contribution in [-0.2, 0) is 10.9 Å². The van der Waals surface area contributed by atoms with Gasteiger partial charge in [0, 0.05) is 21.4 Å². The van der Waals surface area contributed by atoms with Gasteiger partial charge in [-0.25, -0.2) is 0 Å². The molecule has 0 amide bonds. The highest BCUT2D eigenvalue weighted by atomic mass is 35.5. The van der Waals surface area contributed by atoms with Crippen molar-refractivity contribution in [1.82, 2.24) is 4.98 Å². The molecule has 0 radical (unpaired) electrons. The summed E-state index contributed by atoms with van der Waals surface area (Å²) in [5, 5.41) is 13.2. The number of hydrogen-bond acceptors (Lipinski definition) is 2. The summed E-state index contributed by atoms with van der Waals surface area (Å²) in [7, 11) is -0.325. The van der Waals surface area contributed by atoms with Gasteiger partial charge in [0.25, 0.3) is 0 Å². The van der Waals surface area contributed by atoms with Gasteiger partial charge >= 0.3 is 5.56 Å². The van der Waals surface area contributed by atoms with Crippen LogP contribution in [-0.4, -0.2) is 17.0 Å². The number of halogens is 1. The van der Waals surface area contributed by atoms with Gasteiger partial charge in [-0.05, 0) is 36.3 Å².